The highest BCUT2D eigenvalue weighted by atomic mass is 79.9. The Hall–Kier alpha value is -0.0600. The van der Waals surface area contributed by atoms with Gasteiger partial charge in [-0.2, -0.15) is 5.10 Å². The molecule has 1 heterocycles. The first kappa shape index (κ1) is 12.0. The lowest BCUT2D eigenvalue weighted by Gasteiger charge is -2.10. The molecule has 5 heteroatoms. The van der Waals surface area contributed by atoms with Gasteiger partial charge in [0.15, 0.2) is 0 Å². The lowest BCUT2D eigenvalue weighted by Crippen LogP contribution is -2.27. The number of nitrogens with one attached hydrogen (secondary N) is 1. The number of rotatable bonds is 4. The highest BCUT2D eigenvalue weighted by molar-refractivity contribution is 9.10. The lowest BCUT2D eigenvalue weighted by molar-refractivity contribution is 0.562. The van der Waals surface area contributed by atoms with Crippen molar-refractivity contribution in [2.75, 3.05) is 5.88 Å². The predicted molar refractivity (Wildman–Crippen MR) is 62.7 cm³/mol. The Balaban J connectivity index is 2.67. The number of nitrogens with zero attached hydrogens (tertiary/aromatic N) is 2. The SMILES string of the molecule is Cc1nn(C)c(CNC(C)CCl)c1Br. The van der Waals surface area contributed by atoms with Crippen LogP contribution in [0.15, 0.2) is 4.47 Å². The number of hydrogen-bond donors (Lipinski definition) is 1. The first-order valence-corrected chi connectivity index (χ1v) is 5.86. The highest BCUT2D eigenvalue weighted by Gasteiger charge is 2.10. The van der Waals surface area contributed by atoms with Gasteiger partial charge < -0.3 is 5.32 Å². The van der Waals surface area contributed by atoms with Crippen LogP contribution in [0.3, 0.4) is 0 Å². The molecule has 0 amide bonds. The summed E-state index contributed by atoms with van der Waals surface area (Å²) in [5.74, 6) is 0.619. The standard InChI is InChI=1S/C9H15BrClN3/c1-6(4-11)12-5-8-9(10)7(2)13-14(8)3/h6,12H,4-5H2,1-3H3. The molecule has 14 heavy (non-hydrogen) atoms. The van der Waals surface area contributed by atoms with Crippen molar-refractivity contribution in [2.45, 2.75) is 26.4 Å². The number of alkyl halides is 1. The van der Waals surface area contributed by atoms with Crippen LogP contribution in [0.25, 0.3) is 0 Å². The number of hydrogen-bond acceptors (Lipinski definition) is 2. The fraction of sp³-hybridized carbons (Fsp3) is 0.667. The fourth-order valence-corrected chi connectivity index (χ4v) is 1.78. The zero-order chi connectivity index (χ0) is 10.7. The molecule has 0 aliphatic rings. The van der Waals surface area contributed by atoms with Gasteiger partial charge in [0.05, 0.1) is 15.9 Å². The van der Waals surface area contributed by atoms with Crippen LogP contribution in [0.1, 0.15) is 18.3 Å². The first-order chi connectivity index (χ1) is 6.56. The van der Waals surface area contributed by atoms with E-state index in [-0.39, 0.29) is 0 Å². The molecule has 80 valence electrons. The molecule has 0 spiro atoms. The Morgan fingerprint density at radius 3 is 2.71 bits per heavy atom. The minimum Gasteiger partial charge on any atom is -0.307 e. The van der Waals surface area contributed by atoms with E-state index in [0.29, 0.717) is 11.9 Å². The summed E-state index contributed by atoms with van der Waals surface area (Å²) in [6.07, 6.45) is 0. The van der Waals surface area contributed by atoms with Crippen LogP contribution in [0.4, 0.5) is 0 Å². The second-order valence-corrected chi connectivity index (χ2v) is 4.51. The lowest BCUT2D eigenvalue weighted by atomic mass is 10.3. The van der Waals surface area contributed by atoms with Crippen LogP contribution in [0, 0.1) is 6.92 Å². The van der Waals surface area contributed by atoms with Gasteiger partial charge in [-0.25, -0.2) is 0 Å². The summed E-state index contributed by atoms with van der Waals surface area (Å²) in [4.78, 5) is 0. The van der Waals surface area contributed by atoms with Crippen molar-refractivity contribution in [3.05, 3.63) is 15.9 Å². The molecule has 3 nitrogen and oxygen atoms in total. The molecular weight excluding hydrogens is 265 g/mol. The van der Waals surface area contributed by atoms with E-state index in [2.05, 4.69) is 33.3 Å². The molecule has 1 aromatic heterocycles. The molecule has 0 aliphatic carbocycles. The largest absolute Gasteiger partial charge is 0.307 e. The first-order valence-electron chi connectivity index (χ1n) is 4.53. The van der Waals surface area contributed by atoms with Crippen LogP contribution >= 0.6 is 27.5 Å². The van der Waals surface area contributed by atoms with E-state index >= 15 is 0 Å². The molecule has 0 bridgehead atoms. The summed E-state index contributed by atoms with van der Waals surface area (Å²) >= 11 is 9.22. The van der Waals surface area contributed by atoms with E-state index in [9.17, 15) is 0 Å². The summed E-state index contributed by atoms with van der Waals surface area (Å²) in [7, 11) is 1.94. The minimum absolute atomic E-state index is 0.318. The van der Waals surface area contributed by atoms with Crippen LogP contribution in [0.2, 0.25) is 0 Å². The van der Waals surface area contributed by atoms with Gasteiger partial charge in [-0.15, -0.1) is 11.6 Å². The van der Waals surface area contributed by atoms with Gasteiger partial charge in [0.1, 0.15) is 0 Å². The normalized spacial score (nSPS) is 13.2. The monoisotopic (exact) mass is 279 g/mol. The van der Waals surface area contributed by atoms with Crippen molar-refractivity contribution in [2.24, 2.45) is 7.05 Å². The van der Waals surface area contributed by atoms with Crippen molar-refractivity contribution in [1.29, 1.82) is 0 Å². The van der Waals surface area contributed by atoms with Crippen LogP contribution < -0.4 is 5.32 Å². The van der Waals surface area contributed by atoms with Gasteiger partial charge in [-0.05, 0) is 29.8 Å². The van der Waals surface area contributed by atoms with E-state index < -0.39 is 0 Å². The Bertz CT molecular complexity index is 311. The zero-order valence-corrected chi connectivity index (χ0v) is 11.0. The van der Waals surface area contributed by atoms with E-state index in [1.54, 1.807) is 0 Å². The van der Waals surface area contributed by atoms with E-state index in [1.165, 1.54) is 0 Å². The van der Waals surface area contributed by atoms with Crippen molar-refractivity contribution in [3.63, 3.8) is 0 Å². The summed E-state index contributed by atoms with van der Waals surface area (Å²) in [5.41, 5.74) is 2.17. The number of aromatic nitrogens is 2. The third-order valence-corrected chi connectivity index (χ3v) is 3.61. The quantitative estimate of drug-likeness (QED) is 0.857. The van der Waals surface area contributed by atoms with Crippen molar-refractivity contribution in [1.82, 2.24) is 15.1 Å². The topological polar surface area (TPSA) is 29.9 Å². The zero-order valence-electron chi connectivity index (χ0n) is 8.64. The molecule has 1 rings (SSSR count). The van der Waals surface area contributed by atoms with Crippen LogP contribution in [0.5, 0.6) is 0 Å². The third-order valence-electron chi connectivity index (χ3n) is 2.11. The molecule has 0 radical (unpaired) electrons. The van der Waals surface area contributed by atoms with E-state index in [0.717, 1.165) is 22.4 Å². The summed E-state index contributed by atoms with van der Waals surface area (Å²) in [5, 5.41) is 7.63. The van der Waals surface area contributed by atoms with Crippen molar-refractivity contribution >= 4 is 27.5 Å². The average molecular weight is 281 g/mol. The molecule has 1 unspecified atom stereocenters. The van der Waals surface area contributed by atoms with Gasteiger partial charge in [-0.3, -0.25) is 4.68 Å². The summed E-state index contributed by atoms with van der Waals surface area (Å²) in [6, 6.07) is 0.318. The Morgan fingerprint density at radius 1 is 1.64 bits per heavy atom. The summed E-state index contributed by atoms with van der Waals surface area (Å²) in [6.45, 7) is 4.83. The van der Waals surface area contributed by atoms with E-state index in [4.69, 9.17) is 11.6 Å². The number of aryl methyl sites for hydroxylation is 2. The molecular formula is C9H15BrClN3. The second kappa shape index (κ2) is 5.14. The smallest absolute Gasteiger partial charge is 0.0739 e. The van der Waals surface area contributed by atoms with Gasteiger partial charge in [0.25, 0.3) is 0 Å². The molecule has 0 aliphatic heterocycles. The Labute approximate surface area is 97.9 Å². The van der Waals surface area contributed by atoms with Gasteiger partial charge in [-0.1, -0.05) is 0 Å². The van der Waals surface area contributed by atoms with Crippen LogP contribution in [-0.4, -0.2) is 21.7 Å². The maximum atomic E-state index is 5.71. The molecule has 0 saturated carbocycles. The van der Waals surface area contributed by atoms with Crippen molar-refractivity contribution in [3.8, 4) is 0 Å². The molecule has 0 aromatic carbocycles. The van der Waals surface area contributed by atoms with Gasteiger partial charge in [0, 0.05) is 25.5 Å². The highest BCUT2D eigenvalue weighted by Crippen LogP contribution is 2.19. The average Bonchev–Trinajstić information content (AvgIpc) is 2.39. The second-order valence-electron chi connectivity index (χ2n) is 3.41. The molecule has 1 atom stereocenters. The molecule has 1 N–H and O–H groups in total. The maximum absolute atomic E-state index is 5.71. The fourth-order valence-electron chi connectivity index (χ4n) is 1.20. The molecule has 0 fully saturated rings. The molecule has 0 saturated heterocycles. The van der Waals surface area contributed by atoms with Crippen molar-refractivity contribution < 1.29 is 0 Å². The minimum atomic E-state index is 0.318. The Kier molecular flexibility index (Phi) is 4.41. The predicted octanol–water partition coefficient (Wildman–Crippen LogP) is 2.21. The van der Waals surface area contributed by atoms with Gasteiger partial charge in [0.2, 0.25) is 0 Å². The van der Waals surface area contributed by atoms with Gasteiger partial charge >= 0.3 is 0 Å². The third kappa shape index (κ3) is 2.72. The Morgan fingerprint density at radius 2 is 2.29 bits per heavy atom. The summed E-state index contributed by atoms with van der Waals surface area (Å²) < 4.78 is 2.96. The molecule has 1 aromatic rings. The van der Waals surface area contributed by atoms with Crippen LogP contribution in [-0.2, 0) is 13.6 Å². The number of halogens is 2. The maximum Gasteiger partial charge on any atom is 0.0739 e. The van der Waals surface area contributed by atoms with E-state index in [1.807, 2.05) is 18.7 Å².